The van der Waals surface area contributed by atoms with Crippen LogP contribution in [0.5, 0.6) is 0 Å². The Kier molecular flexibility index (Phi) is 11.9. The second-order valence-corrected chi connectivity index (χ2v) is 14.1. The summed E-state index contributed by atoms with van der Waals surface area (Å²) < 4.78 is 27.0. The van der Waals surface area contributed by atoms with Crippen LogP contribution in [0.3, 0.4) is 0 Å². The summed E-state index contributed by atoms with van der Waals surface area (Å²) in [6, 6.07) is 14.9. The van der Waals surface area contributed by atoms with Gasteiger partial charge in [0.05, 0.1) is 23.6 Å². The lowest BCUT2D eigenvalue weighted by Crippen LogP contribution is -2.50. The molecule has 0 spiro atoms. The second-order valence-electron chi connectivity index (χ2n) is 12.1. The molecule has 10 heteroatoms. The molecule has 0 bridgehead atoms. The first-order valence-corrected chi connectivity index (χ1v) is 16.3. The summed E-state index contributed by atoms with van der Waals surface area (Å²) in [5.74, 6) is -0.230. The predicted octanol–water partition coefficient (Wildman–Crippen LogP) is 4.73. The third kappa shape index (κ3) is 9.33. The van der Waals surface area contributed by atoms with Crippen LogP contribution in [0.4, 0.5) is 11.4 Å². The minimum Gasteiger partial charge on any atom is -0.390 e. The molecule has 1 saturated heterocycles. The average Bonchev–Trinajstić information content (AvgIpc) is 2.92. The fourth-order valence-corrected chi connectivity index (χ4v) is 7.33. The van der Waals surface area contributed by atoms with Gasteiger partial charge in [-0.25, -0.2) is 8.42 Å². The van der Waals surface area contributed by atoms with Crippen LogP contribution >= 0.6 is 12.4 Å². The number of rotatable bonds is 11. The van der Waals surface area contributed by atoms with Crippen molar-refractivity contribution in [3.63, 3.8) is 0 Å². The van der Waals surface area contributed by atoms with Gasteiger partial charge >= 0.3 is 0 Å². The molecule has 2 aromatic rings. The summed E-state index contributed by atoms with van der Waals surface area (Å²) >= 11 is 0. The topological polar surface area (TPSA) is 111 Å². The van der Waals surface area contributed by atoms with Crippen LogP contribution in [-0.2, 0) is 16.4 Å². The highest BCUT2D eigenvalue weighted by Crippen LogP contribution is 2.35. The largest absolute Gasteiger partial charge is 0.390 e. The monoisotopic (exact) mass is 606 g/mol. The minimum atomic E-state index is -3.43. The number of aliphatic hydroxyl groups excluding tert-OH is 1. The maximum atomic E-state index is 13.6. The van der Waals surface area contributed by atoms with Crippen molar-refractivity contribution in [3.05, 3.63) is 59.7 Å². The number of halogens is 1. The Labute approximate surface area is 252 Å². The van der Waals surface area contributed by atoms with E-state index in [1.807, 2.05) is 37.3 Å². The van der Waals surface area contributed by atoms with Crippen LogP contribution in [0.25, 0.3) is 0 Å². The normalized spacial score (nSPS) is 20.0. The number of hydrogen-bond donors (Lipinski definition) is 4. The van der Waals surface area contributed by atoms with E-state index in [0.29, 0.717) is 60.9 Å². The van der Waals surface area contributed by atoms with E-state index >= 15 is 0 Å². The number of nitrogens with one attached hydrogen (secondary N) is 3. The average molecular weight is 607 g/mol. The molecule has 4 rings (SSSR count). The Hall–Kier alpha value is -2.33. The molecule has 0 aromatic heterocycles. The number of carbonyl (C=O) groups excluding carboxylic acids is 1. The molecule has 2 aromatic carbocycles. The van der Waals surface area contributed by atoms with Crippen molar-refractivity contribution in [2.45, 2.75) is 83.9 Å². The van der Waals surface area contributed by atoms with E-state index in [1.54, 1.807) is 18.2 Å². The summed E-state index contributed by atoms with van der Waals surface area (Å²) in [6.45, 7) is 7.99. The Morgan fingerprint density at radius 3 is 2.46 bits per heavy atom. The highest BCUT2D eigenvalue weighted by molar-refractivity contribution is 7.92. The van der Waals surface area contributed by atoms with E-state index in [0.717, 1.165) is 37.7 Å². The van der Waals surface area contributed by atoms with Gasteiger partial charge in [0, 0.05) is 36.9 Å². The molecule has 1 aliphatic heterocycles. The Balaban J connectivity index is 0.00000462. The summed E-state index contributed by atoms with van der Waals surface area (Å²) in [5.41, 5.74) is 2.93. The summed E-state index contributed by atoms with van der Waals surface area (Å²) in [7, 11) is -3.43. The molecular formula is C31H47ClN4O4S. The zero-order valence-electron chi connectivity index (χ0n) is 24.6. The van der Waals surface area contributed by atoms with Gasteiger partial charge in [-0.05, 0) is 81.0 Å². The Morgan fingerprint density at radius 2 is 1.80 bits per heavy atom. The van der Waals surface area contributed by atoms with Crippen LogP contribution in [0.15, 0.2) is 48.5 Å². The number of hydrogen-bond acceptors (Lipinski definition) is 6. The SMILES string of the molecule is CCNc1cc(C(=O)N[C@@H](Cc2ccccc2)[C@H](O)CNC2CCC(C)(C)CC2)cc(N2CCCCS2(=O)=O)c1.Cl. The third-order valence-corrected chi connectivity index (χ3v) is 10.1. The highest BCUT2D eigenvalue weighted by Gasteiger charge is 2.30. The van der Waals surface area contributed by atoms with E-state index in [2.05, 4.69) is 29.8 Å². The standard InChI is InChI=1S/C31H46N4O4S.ClH/c1-4-32-26-19-24(20-27(21-26)35-16-8-9-17-40(35,38)39)30(37)34-28(18-23-10-6-5-7-11-23)29(36)22-33-25-12-14-31(2,3)15-13-25;/h5-7,10-11,19-21,25,28-29,32-33,36H,4,8-9,12-18,22H2,1-3H3,(H,34,37);1H/t28-,29+;/m0./s1. The van der Waals surface area contributed by atoms with Crippen LogP contribution in [0.2, 0.25) is 0 Å². The quantitative estimate of drug-likeness (QED) is 0.294. The lowest BCUT2D eigenvalue weighted by atomic mass is 9.75. The molecule has 41 heavy (non-hydrogen) atoms. The lowest BCUT2D eigenvalue weighted by Gasteiger charge is -2.35. The van der Waals surface area contributed by atoms with Gasteiger partial charge in [-0.1, -0.05) is 44.2 Å². The van der Waals surface area contributed by atoms with Crippen molar-refractivity contribution in [1.82, 2.24) is 10.6 Å². The number of amides is 1. The fourth-order valence-electron chi connectivity index (χ4n) is 5.71. The molecule has 2 fully saturated rings. The molecule has 1 heterocycles. The Bertz CT molecular complexity index is 1230. The van der Waals surface area contributed by atoms with Crippen LogP contribution in [0, 0.1) is 5.41 Å². The number of nitrogens with zero attached hydrogens (tertiary/aromatic N) is 1. The van der Waals surface area contributed by atoms with Crippen molar-refractivity contribution in [2.24, 2.45) is 5.41 Å². The number of aliphatic hydroxyl groups is 1. The summed E-state index contributed by atoms with van der Waals surface area (Å²) in [4.78, 5) is 13.6. The third-order valence-electron chi connectivity index (χ3n) is 8.23. The Morgan fingerprint density at radius 1 is 1.10 bits per heavy atom. The predicted molar refractivity (Wildman–Crippen MR) is 170 cm³/mol. The smallest absolute Gasteiger partial charge is 0.251 e. The highest BCUT2D eigenvalue weighted by atomic mass is 35.5. The zero-order valence-corrected chi connectivity index (χ0v) is 26.2. The molecular weight excluding hydrogens is 560 g/mol. The molecule has 4 N–H and O–H groups in total. The first-order chi connectivity index (χ1) is 19.1. The minimum absolute atomic E-state index is 0. The van der Waals surface area contributed by atoms with Crippen molar-refractivity contribution in [1.29, 1.82) is 0 Å². The molecule has 2 aliphatic rings. The maximum absolute atomic E-state index is 13.6. The molecule has 1 aliphatic carbocycles. The molecule has 2 atom stereocenters. The van der Waals surface area contributed by atoms with Gasteiger partial charge in [0.15, 0.2) is 0 Å². The van der Waals surface area contributed by atoms with Gasteiger partial charge in [0.1, 0.15) is 0 Å². The van der Waals surface area contributed by atoms with Gasteiger partial charge < -0.3 is 21.1 Å². The van der Waals surface area contributed by atoms with Gasteiger partial charge in [-0.15, -0.1) is 12.4 Å². The first-order valence-electron chi connectivity index (χ1n) is 14.7. The van der Waals surface area contributed by atoms with Crippen molar-refractivity contribution < 1.29 is 18.3 Å². The number of anilines is 2. The molecule has 8 nitrogen and oxygen atoms in total. The molecule has 1 saturated carbocycles. The summed E-state index contributed by atoms with van der Waals surface area (Å²) in [5, 5.41) is 21.1. The van der Waals surface area contributed by atoms with E-state index in [9.17, 15) is 18.3 Å². The van der Waals surface area contributed by atoms with Crippen LogP contribution in [-0.4, -0.2) is 63.0 Å². The van der Waals surface area contributed by atoms with Gasteiger partial charge in [0.25, 0.3) is 5.91 Å². The van der Waals surface area contributed by atoms with Crippen molar-refractivity contribution in [3.8, 4) is 0 Å². The molecule has 0 unspecified atom stereocenters. The number of carbonyl (C=O) groups is 1. The zero-order chi connectivity index (χ0) is 28.8. The van der Waals surface area contributed by atoms with Gasteiger partial charge in [-0.3, -0.25) is 9.10 Å². The van der Waals surface area contributed by atoms with E-state index in [1.165, 1.54) is 4.31 Å². The summed E-state index contributed by atoms with van der Waals surface area (Å²) in [6.07, 6.45) is 5.58. The fraction of sp³-hybridized carbons (Fsp3) is 0.581. The van der Waals surface area contributed by atoms with E-state index in [-0.39, 0.29) is 24.1 Å². The van der Waals surface area contributed by atoms with E-state index < -0.39 is 22.2 Å². The first kappa shape index (κ1) is 33.2. The van der Waals surface area contributed by atoms with Gasteiger partial charge in [0.2, 0.25) is 10.0 Å². The second kappa shape index (κ2) is 14.7. The van der Waals surface area contributed by atoms with Crippen LogP contribution < -0.4 is 20.3 Å². The molecule has 228 valence electrons. The molecule has 0 radical (unpaired) electrons. The number of benzene rings is 2. The van der Waals surface area contributed by atoms with E-state index in [4.69, 9.17) is 0 Å². The van der Waals surface area contributed by atoms with Gasteiger partial charge in [-0.2, -0.15) is 0 Å². The lowest BCUT2D eigenvalue weighted by molar-refractivity contribution is 0.0813. The maximum Gasteiger partial charge on any atom is 0.251 e. The van der Waals surface area contributed by atoms with Crippen molar-refractivity contribution >= 4 is 39.7 Å². The van der Waals surface area contributed by atoms with Crippen LogP contribution in [0.1, 0.15) is 75.2 Å². The molecule has 1 amide bonds. The van der Waals surface area contributed by atoms with Crippen molar-refractivity contribution in [2.75, 3.05) is 35.0 Å². The number of sulfonamides is 1.